The van der Waals surface area contributed by atoms with Crippen molar-refractivity contribution < 1.29 is 13.2 Å². The first-order valence-electron chi connectivity index (χ1n) is 8.08. The number of nitrogens with two attached hydrogens (primary N) is 1. The van der Waals surface area contributed by atoms with Crippen LogP contribution in [0.5, 0.6) is 0 Å². The van der Waals surface area contributed by atoms with Gasteiger partial charge >= 0.3 is 6.18 Å². The molecule has 144 valence electrons. The molecule has 1 heterocycles. The second-order valence-electron chi connectivity index (χ2n) is 6.33. The zero-order valence-electron chi connectivity index (χ0n) is 14.6. The lowest BCUT2D eigenvalue weighted by Gasteiger charge is -2.13. The molecule has 27 heavy (non-hydrogen) atoms. The van der Waals surface area contributed by atoms with Gasteiger partial charge in [0.1, 0.15) is 17.6 Å². The first-order valence-corrected chi connectivity index (χ1v) is 8.83. The number of halogens is 5. The summed E-state index contributed by atoms with van der Waals surface area (Å²) in [4.78, 5) is 0. The van der Waals surface area contributed by atoms with Gasteiger partial charge in [0, 0.05) is 0 Å². The zero-order chi connectivity index (χ0) is 20.4. The third-order valence-electron chi connectivity index (χ3n) is 3.82. The van der Waals surface area contributed by atoms with Crippen molar-refractivity contribution in [2.45, 2.75) is 32.9 Å². The highest BCUT2D eigenvalue weighted by Gasteiger charge is 2.32. The van der Waals surface area contributed by atoms with Crippen molar-refractivity contribution in [3.8, 4) is 11.8 Å². The largest absolute Gasteiger partial charge is 0.416 e. The molecule has 2 rings (SSSR count). The lowest BCUT2D eigenvalue weighted by Crippen LogP contribution is -2.08. The van der Waals surface area contributed by atoms with Crippen LogP contribution in [-0.2, 0) is 6.18 Å². The summed E-state index contributed by atoms with van der Waals surface area (Å²) in [6.45, 7) is 4.19. The number of benzene rings is 1. The summed E-state index contributed by atoms with van der Waals surface area (Å²) >= 11 is 12.0. The molecular formula is C18H17Cl2F3N4. The molecular weight excluding hydrogens is 400 g/mol. The smallest absolute Gasteiger partial charge is 0.383 e. The van der Waals surface area contributed by atoms with Crippen LogP contribution in [0.1, 0.15) is 43.5 Å². The normalized spacial score (nSPS) is 12.1. The third-order valence-corrected chi connectivity index (χ3v) is 4.39. The van der Waals surface area contributed by atoms with Crippen molar-refractivity contribution in [2.24, 2.45) is 5.92 Å². The molecule has 4 nitrogen and oxygen atoms in total. The second-order valence-corrected chi connectivity index (χ2v) is 7.15. The number of allylic oxidation sites excluding steroid dienone is 1. The Labute approximate surface area is 165 Å². The molecule has 0 amide bonds. The number of nitrogens with zero attached hydrogens (tertiary/aromatic N) is 3. The highest BCUT2D eigenvalue weighted by atomic mass is 35.5. The van der Waals surface area contributed by atoms with E-state index in [1.165, 1.54) is 0 Å². The summed E-state index contributed by atoms with van der Waals surface area (Å²) in [5, 5.41) is 12.8. The second kappa shape index (κ2) is 8.24. The fourth-order valence-electron chi connectivity index (χ4n) is 2.42. The lowest BCUT2D eigenvalue weighted by atomic mass is 10.1. The Morgan fingerprint density at radius 2 is 1.89 bits per heavy atom. The van der Waals surface area contributed by atoms with Crippen LogP contribution in [0.4, 0.5) is 19.0 Å². The van der Waals surface area contributed by atoms with Gasteiger partial charge < -0.3 is 5.73 Å². The molecule has 0 saturated heterocycles. The minimum Gasteiger partial charge on any atom is -0.383 e. The summed E-state index contributed by atoms with van der Waals surface area (Å²) in [7, 11) is 0. The maximum atomic E-state index is 12.9. The maximum Gasteiger partial charge on any atom is 0.416 e. The Balaban J connectivity index is 2.51. The molecule has 9 heteroatoms. The predicted molar refractivity (Wildman–Crippen MR) is 101 cm³/mol. The van der Waals surface area contributed by atoms with Crippen LogP contribution in [0.3, 0.4) is 0 Å². The van der Waals surface area contributed by atoms with Crippen LogP contribution in [-0.4, -0.2) is 9.78 Å². The highest BCUT2D eigenvalue weighted by Crippen LogP contribution is 2.38. The quantitative estimate of drug-likeness (QED) is 0.639. The molecule has 0 radical (unpaired) electrons. The minimum absolute atomic E-state index is 0.0119. The minimum atomic E-state index is -4.59. The summed E-state index contributed by atoms with van der Waals surface area (Å²) in [5.41, 5.74) is 5.47. The Kier molecular flexibility index (Phi) is 6.45. The van der Waals surface area contributed by atoms with E-state index < -0.39 is 11.7 Å². The van der Waals surface area contributed by atoms with E-state index in [4.69, 9.17) is 28.9 Å². The molecule has 0 saturated carbocycles. The van der Waals surface area contributed by atoms with Gasteiger partial charge in [-0.25, -0.2) is 4.68 Å². The van der Waals surface area contributed by atoms with Crippen LogP contribution in [0.2, 0.25) is 10.0 Å². The van der Waals surface area contributed by atoms with Gasteiger partial charge in [0.05, 0.1) is 21.2 Å². The monoisotopic (exact) mass is 416 g/mol. The van der Waals surface area contributed by atoms with Crippen LogP contribution < -0.4 is 5.73 Å². The van der Waals surface area contributed by atoms with Crippen molar-refractivity contribution in [1.82, 2.24) is 9.78 Å². The Bertz CT molecular complexity index is 886. The van der Waals surface area contributed by atoms with Crippen LogP contribution in [0.25, 0.3) is 11.8 Å². The Morgan fingerprint density at radius 1 is 1.30 bits per heavy atom. The third kappa shape index (κ3) is 4.76. The number of aromatic nitrogens is 2. The Hall–Kier alpha value is -2.17. The van der Waals surface area contributed by atoms with E-state index in [-0.39, 0.29) is 27.2 Å². The standard InChI is InChI=1S/C18H17Cl2F3N4/c1-10(2)5-3-4-6-12-15(9-24)26-27(17(12)25)16-13(19)7-11(8-14(16)20)18(21,22)23/h4,6-8,10H,3,5,25H2,1-2H3. The predicted octanol–water partition coefficient (Wildman–Crippen LogP) is 6.10. The van der Waals surface area contributed by atoms with E-state index in [0.717, 1.165) is 29.7 Å². The van der Waals surface area contributed by atoms with E-state index >= 15 is 0 Å². The van der Waals surface area contributed by atoms with Crippen molar-refractivity contribution in [3.63, 3.8) is 0 Å². The number of nitrogen functional groups attached to an aromatic ring is 1. The highest BCUT2D eigenvalue weighted by molar-refractivity contribution is 6.38. The van der Waals surface area contributed by atoms with E-state index in [2.05, 4.69) is 18.9 Å². The summed E-state index contributed by atoms with van der Waals surface area (Å²) < 4.78 is 39.8. The molecule has 0 spiro atoms. The fraction of sp³-hybridized carbons (Fsp3) is 0.333. The van der Waals surface area contributed by atoms with Gasteiger partial charge in [0.2, 0.25) is 0 Å². The van der Waals surface area contributed by atoms with Gasteiger partial charge in [-0.2, -0.15) is 23.5 Å². The van der Waals surface area contributed by atoms with E-state index in [1.54, 1.807) is 6.08 Å². The molecule has 0 aliphatic rings. The van der Waals surface area contributed by atoms with E-state index in [0.29, 0.717) is 11.5 Å². The van der Waals surface area contributed by atoms with Crippen molar-refractivity contribution in [3.05, 3.63) is 45.1 Å². The molecule has 0 fully saturated rings. The average Bonchev–Trinajstić information content (AvgIpc) is 2.86. The van der Waals surface area contributed by atoms with Gasteiger partial charge in [-0.3, -0.25) is 0 Å². The lowest BCUT2D eigenvalue weighted by molar-refractivity contribution is -0.137. The average molecular weight is 417 g/mol. The number of alkyl halides is 3. The van der Waals surface area contributed by atoms with Crippen molar-refractivity contribution >= 4 is 35.1 Å². The number of rotatable bonds is 5. The molecule has 0 unspecified atom stereocenters. The van der Waals surface area contributed by atoms with Gasteiger partial charge in [0.25, 0.3) is 0 Å². The van der Waals surface area contributed by atoms with Crippen LogP contribution in [0, 0.1) is 17.2 Å². The molecule has 0 aliphatic carbocycles. The van der Waals surface area contributed by atoms with Crippen LogP contribution in [0.15, 0.2) is 18.2 Å². The van der Waals surface area contributed by atoms with Gasteiger partial charge in [-0.1, -0.05) is 49.2 Å². The zero-order valence-corrected chi connectivity index (χ0v) is 16.1. The molecule has 0 aliphatic heterocycles. The first-order chi connectivity index (χ1) is 12.6. The fourth-order valence-corrected chi connectivity index (χ4v) is 3.07. The molecule has 1 aromatic heterocycles. The number of anilines is 1. The number of hydrogen-bond donors (Lipinski definition) is 1. The molecule has 2 aromatic rings. The van der Waals surface area contributed by atoms with Crippen LogP contribution >= 0.6 is 23.2 Å². The molecule has 0 bridgehead atoms. The van der Waals surface area contributed by atoms with E-state index in [1.807, 2.05) is 12.1 Å². The summed E-state index contributed by atoms with van der Waals surface area (Å²) in [6.07, 6.45) is 0.696. The van der Waals surface area contributed by atoms with Crippen molar-refractivity contribution in [1.29, 1.82) is 5.26 Å². The van der Waals surface area contributed by atoms with Gasteiger partial charge in [-0.05, 0) is 30.9 Å². The van der Waals surface area contributed by atoms with E-state index in [9.17, 15) is 18.4 Å². The molecule has 0 atom stereocenters. The Morgan fingerprint density at radius 3 is 2.37 bits per heavy atom. The van der Waals surface area contributed by atoms with Gasteiger partial charge in [0.15, 0.2) is 5.69 Å². The van der Waals surface area contributed by atoms with Gasteiger partial charge in [-0.15, -0.1) is 0 Å². The topological polar surface area (TPSA) is 67.6 Å². The number of nitriles is 1. The number of hydrogen-bond acceptors (Lipinski definition) is 3. The SMILES string of the molecule is CC(C)CCC=Cc1c(C#N)nn(-c2c(Cl)cc(C(F)(F)F)cc2Cl)c1N. The maximum absolute atomic E-state index is 12.9. The molecule has 2 N–H and O–H groups in total. The summed E-state index contributed by atoms with van der Waals surface area (Å²) in [6, 6.07) is 3.41. The first kappa shape index (κ1) is 21.1. The summed E-state index contributed by atoms with van der Waals surface area (Å²) in [5.74, 6) is 0.589. The van der Waals surface area contributed by atoms with Crippen molar-refractivity contribution in [2.75, 3.05) is 5.73 Å². The molecule has 1 aromatic carbocycles.